The van der Waals surface area contributed by atoms with E-state index in [1.165, 1.54) is 11.3 Å². The molecule has 236 valence electrons. The second-order valence-electron chi connectivity index (χ2n) is 11.1. The van der Waals surface area contributed by atoms with E-state index < -0.39 is 35.2 Å². The zero-order chi connectivity index (χ0) is 32.3. The van der Waals surface area contributed by atoms with Crippen molar-refractivity contribution >= 4 is 41.0 Å². The molecule has 13 heteroatoms. The molecule has 1 aromatic carbocycles. The Morgan fingerprint density at radius 1 is 0.977 bits per heavy atom. The summed E-state index contributed by atoms with van der Waals surface area (Å²) in [5, 5.41) is 19.8. The van der Waals surface area contributed by atoms with Gasteiger partial charge in [0.2, 0.25) is 5.95 Å². The Hall–Kier alpha value is -4.52. The van der Waals surface area contributed by atoms with Gasteiger partial charge in [0.1, 0.15) is 25.0 Å². The number of hydrogen-bond acceptors (Lipinski definition) is 11. The maximum atomic E-state index is 13.3. The van der Waals surface area contributed by atoms with Crippen molar-refractivity contribution in [3.05, 3.63) is 69.2 Å². The molecule has 0 fully saturated rings. The van der Waals surface area contributed by atoms with Gasteiger partial charge < -0.3 is 30.5 Å². The van der Waals surface area contributed by atoms with Crippen molar-refractivity contribution in [2.75, 3.05) is 31.6 Å². The van der Waals surface area contributed by atoms with Gasteiger partial charge in [-0.3, -0.25) is 14.4 Å². The summed E-state index contributed by atoms with van der Waals surface area (Å²) >= 11 is 1.24. The molecule has 2 heterocycles. The molecule has 3 aromatic rings. The number of nitrogens with zero attached hydrogens (tertiary/aromatic N) is 2. The number of esters is 2. The molecule has 0 aliphatic heterocycles. The van der Waals surface area contributed by atoms with Crippen molar-refractivity contribution in [1.29, 1.82) is 0 Å². The van der Waals surface area contributed by atoms with E-state index in [1.54, 1.807) is 70.3 Å². The van der Waals surface area contributed by atoms with Crippen LogP contribution in [0.3, 0.4) is 0 Å². The summed E-state index contributed by atoms with van der Waals surface area (Å²) in [7, 11) is 0. The molecule has 4 N–H and O–H groups in total. The summed E-state index contributed by atoms with van der Waals surface area (Å²) in [5.74, 6) is -1.68. The van der Waals surface area contributed by atoms with Gasteiger partial charge in [0.25, 0.3) is 11.8 Å². The van der Waals surface area contributed by atoms with Gasteiger partial charge in [-0.1, -0.05) is 18.2 Å². The number of aryl methyl sites for hydroxylation is 3. The number of amides is 2. The Bertz CT molecular complexity index is 1430. The Balaban J connectivity index is 1.62. The molecule has 44 heavy (non-hydrogen) atoms. The first-order valence-electron chi connectivity index (χ1n) is 14.2. The summed E-state index contributed by atoms with van der Waals surface area (Å²) in [5.41, 5.74) is 1.29. The Morgan fingerprint density at radius 2 is 1.68 bits per heavy atom. The fraction of sp³-hybridized carbons (Fsp3) is 0.419. The number of rotatable bonds is 14. The quantitative estimate of drug-likeness (QED) is 0.154. The van der Waals surface area contributed by atoms with Crippen molar-refractivity contribution in [2.45, 2.75) is 53.5 Å². The molecule has 0 unspecified atom stereocenters. The van der Waals surface area contributed by atoms with Crippen LogP contribution in [0.4, 0.5) is 5.95 Å². The molecule has 0 saturated heterocycles. The molecule has 0 bridgehead atoms. The predicted octanol–water partition coefficient (Wildman–Crippen LogP) is 3.57. The molecule has 0 spiro atoms. The Labute approximate surface area is 260 Å². The van der Waals surface area contributed by atoms with Gasteiger partial charge in [0.15, 0.2) is 0 Å². The lowest BCUT2D eigenvalue weighted by Crippen LogP contribution is -2.49. The van der Waals surface area contributed by atoms with Crippen LogP contribution in [0, 0.1) is 19.3 Å². The number of ether oxygens (including phenoxy) is 2. The lowest BCUT2D eigenvalue weighted by molar-refractivity contribution is -0.158. The van der Waals surface area contributed by atoms with E-state index in [0.29, 0.717) is 28.8 Å². The smallest absolute Gasteiger partial charge is 0.330 e. The van der Waals surface area contributed by atoms with Crippen molar-refractivity contribution in [3.8, 4) is 5.75 Å². The molecule has 1 atom stereocenters. The Kier molecular flexibility index (Phi) is 12.2. The fourth-order valence-corrected chi connectivity index (χ4v) is 4.68. The van der Waals surface area contributed by atoms with Crippen molar-refractivity contribution < 1.29 is 33.8 Å². The highest BCUT2D eigenvalue weighted by Crippen LogP contribution is 2.16. The minimum atomic E-state index is -1.24. The molecule has 0 aliphatic carbocycles. The molecular formula is C31H39N5O7S. The van der Waals surface area contributed by atoms with E-state index in [2.05, 4.69) is 25.9 Å². The topological polar surface area (TPSA) is 169 Å². The highest BCUT2D eigenvalue weighted by Gasteiger charge is 2.27. The summed E-state index contributed by atoms with van der Waals surface area (Å²) in [6.07, 6.45) is 1.52. The number of nitrogens with one attached hydrogen (secondary N) is 3. The summed E-state index contributed by atoms with van der Waals surface area (Å²) in [4.78, 5) is 60.1. The molecule has 0 radical (unpaired) electrons. The van der Waals surface area contributed by atoms with Crippen LogP contribution in [0.25, 0.3) is 0 Å². The van der Waals surface area contributed by atoms with E-state index in [4.69, 9.17) is 9.47 Å². The van der Waals surface area contributed by atoms with Gasteiger partial charge in [-0.2, -0.15) is 0 Å². The van der Waals surface area contributed by atoms with Crippen molar-refractivity contribution in [2.24, 2.45) is 5.41 Å². The zero-order valence-corrected chi connectivity index (χ0v) is 26.4. The molecule has 3 rings (SSSR count). The number of benzene rings is 1. The first kappa shape index (κ1) is 34.0. The van der Waals surface area contributed by atoms with E-state index >= 15 is 0 Å². The lowest BCUT2D eigenvalue weighted by atomic mass is 9.97. The van der Waals surface area contributed by atoms with Crippen molar-refractivity contribution in [3.63, 3.8) is 0 Å². The molecular weight excluding hydrogens is 586 g/mol. The number of phenols is 1. The fourth-order valence-electron chi connectivity index (χ4n) is 4.04. The number of thiophene rings is 1. The summed E-state index contributed by atoms with van der Waals surface area (Å²) in [6.45, 7) is 8.41. The lowest BCUT2D eigenvalue weighted by Gasteiger charge is -2.20. The average Bonchev–Trinajstić information content (AvgIpc) is 3.50. The van der Waals surface area contributed by atoms with Gasteiger partial charge in [0.05, 0.1) is 27.2 Å². The number of hydrogen-bond donors (Lipinski definition) is 4. The van der Waals surface area contributed by atoms with Crippen molar-refractivity contribution in [1.82, 2.24) is 20.6 Å². The van der Waals surface area contributed by atoms with Crippen LogP contribution in [0.5, 0.6) is 5.75 Å². The van der Waals surface area contributed by atoms with Gasteiger partial charge in [-0.15, -0.1) is 11.3 Å². The van der Waals surface area contributed by atoms with E-state index in [0.717, 1.165) is 18.4 Å². The number of carbonyl (C=O) groups excluding carboxylic acids is 4. The largest absolute Gasteiger partial charge is 0.508 e. The number of phenolic OH excluding ortho intramolecular Hbond substituents is 1. The van der Waals surface area contributed by atoms with Crippen LogP contribution in [0.1, 0.15) is 64.2 Å². The summed E-state index contributed by atoms with van der Waals surface area (Å²) in [6, 6.07) is 9.21. The van der Waals surface area contributed by atoms with Gasteiger partial charge in [0, 0.05) is 13.1 Å². The zero-order valence-electron chi connectivity index (χ0n) is 25.6. The molecule has 2 aromatic heterocycles. The first-order chi connectivity index (χ1) is 20.8. The molecule has 12 nitrogen and oxygen atoms in total. The monoisotopic (exact) mass is 625 g/mol. The third-order valence-electron chi connectivity index (χ3n) is 6.31. The predicted molar refractivity (Wildman–Crippen MR) is 166 cm³/mol. The molecule has 2 amide bonds. The molecule has 0 aliphatic rings. The highest BCUT2D eigenvalue weighted by atomic mass is 32.1. The van der Waals surface area contributed by atoms with Gasteiger partial charge >= 0.3 is 11.9 Å². The minimum absolute atomic E-state index is 0.154. The van der Waals surface area contributed by atoms with Crippen LogP contribution < -0.4 is 16.0 Å². The number of carbonyl (C=O) groups is 4. The molecule has 0 saturated carbocycles. The standard InChI is InChI=1S/C31H39N5O7S/c1-19-25(20(2)35-30(34-19)32-13-7-10-21-9-6-11-22(37)17-21)27(39)36-23(18-33-26(38)24-12-8-16-44-24)28(40)42-14-15-43-29(41)31(3,4)5/h6,8-9,11-12,16-17,23,37H,7,10,13-15,18H2,1-5H3,(H,33,38)(H,36,39)(H,32,34,35)/t23-/m0/s1. The van der Waals surface area contributed by atoms with Gasteiger partial charge in [-0.25, -0.2) is 14.8 Å². The second-order valence-corrected chi connectivity index (χ2v) is 12.0. The SMILES string of the molecule is Cc1nc(NCCCc2cccc(O)c2)nc(C)c1C(=O)N[C@@H](CNC(=O)c1cccs1)C(=O)OCCOC(=O)C(C)(C)C. The van der Waals surface area contributed by atoms with E-state index in [1.807, 2.05) is 6.07 Å². The maximum Gasteiger partial charge on any atom is 0.330 e. The number of aromatic hydroxyl groups is 1. The van der Waals surface area contributed by atoms with E-state index in [-0.39, 0.29) is 31.1 Å². The third-order valence-corrected chi connectivity index (χ3v) is 7.18. The van der Waals surface area contributed by atoms with Crippen LogP contribution >= 0.6 is 11.3 Å². The second kappa shape index (κ2) is 15.8. The third kappa shape index (κ3) is 10.3. The maximum absolute atomic E-state index is 13.3. The highest BCUT2D eigenvalue weighted by molar-refractivity contribution is 7.12. The first-order valence-corrected chi connectivity index (χ1v) is 15.1. The van der Waals surface area contributed by atoms with E-state index in [9.17, 15) is 24.3 Å². The van der Waals surface area contributed by atoms with Crippen LogP contribution in [-0.2, 0) is 25.5 Å². The number of aromatic nitrogens is 2. The van der Waals surface area contributed by atoms with Crippen LogP contribution in [-0.4, -0.2) is 71.2 Å². The normalized spacial score (nSPS) is 11.8. The Morgan fingerprint density at radius 3 is 2.32 bits per heavy atom. The van der Waals surface area contributed by atoms with Gasteiger partial charge in [-0.05, 0) is 76.6 Å². The average molecular weight is 626 g/mol. The number of anilines is 1. The van der Waals surface area contributed by atoms with Crippen LogP contribution in [0.15, 0.2) is 41.8 Å². The van der Waals surface area contributed by atoms with Crippen LogP contribution in [0.2, 0.25) is 0 Å². The summed E-state index contributed by atoms with van der Waals surface area (Å²) < 4.78 is 10.4. The minimum Gasteiger partial charge on any atom is -0.508 e.